The second-order valence-corrected chi connectivity index (χ2v) is 7.61. The molecule has 3 aromatic rings. The summed E-state index contributed by atoms with van der Waals surface area (Å²) in [6.45, 7) is 4.10. The van der Waals surface area contributed by atoms with Crippen LogP contribution >= 0.6 is 0 Å². The third kappa shape index (κ3) is 6.67. The normalized spacial score (nSPS) is 10.9. The molecule has 3 amide bonds. The Hall–Kier alpha value is -4.66. The summed E-state index contributed by atoms with van der Waals surface area (Å²) in [6.07, 6.45) is 0. The second kappa shape index (κ2) is 11.5. The highest BCUT2D eigenvalue weighted by Gasteiger charge is 2.14. The molecule has 0 saturated heterocycles. The number of hydrogen-bond acceptors (Lipinski definition) is 6. The van der Waals surface area contributed by atoms with Crippen molar-refractivity contribution in [3.63, 3.8) is 0 Å². The molecule has 3 rings (SSSR count). The summed E-state index contributed by atoms with van der Waals surface area (Å²) in [6, 6.07) is 19.1. The zero-order valence-electron chi connectivity index (χ0n) is 19.6. The molecule has 0 heterocycles. The molecule has 0 saturated carbocycles. The number of anilines is 1. The van der Waals surface area contributed by atoms with E-state index in [0.717, 1.165) is 11.1 Å². The van der Waals surface area contributed by atoms with Gasteiger partial charge in [-0.1, -0.05) is 24.3 Å². The Kier molecular flexibility index (Phi) is 8.18. The Bertz CT molecular complexity index is 1270. The van der Waals surface area contributed by atoms with Crippen LogP contribution in [0.2, 0.25) is 0 Å². The number of methoxy groups -OCH3 is 1. The van der Waals surface area contributed by atoms with E-state index in [-0.39, 0.29) is 5.56 Å². The van der Waals surface area contributed by atoms with Gasteiger partial charge in [-0.2, -0.15) is 5.10 Å². The van der Waals surface area contributed by atoms with Crippen LogP contribution in [-0.4, -0.2) is 30.5 Å². The van der Waals surface area contributed by atoms with Gasteiger partial charge < -0.3 is 20.5 Å². The van der Waals surface area contributed by atoms with Crippen LogP contribution in [0, 0.1) is 6.92 Å². The van der Waals surface area contributed by atoms with Crippen LogP contribution in [0.4, 0.5) is 5.69 Å². The van der Waals surface area contributed by atoms with Crippen LogP contribution in [0.25, 0.3) is 0 Å². The largest absolute Gasteiger partial charge is 0.493 e. The average Bonchev–Trinajstić information content (AvgIpc) is 2.86. The number of rotatable bonds is 8. The summed E-state index contributed by atoms with van der Waals surface area (Å²) in [5.41, 5.74) is 11.4. The molecule has 3 aromatic carbocycles. The van der Waals surface area contributed by atoms with Gasteiger partial charge in [0.05, 0.1) is 12.8 Å². The standard InChI is InChI=1S/C26H26N4O5/c1-16-6-4-5-7-20(16)15-35-22-13-10-19(14-23(22)34-3)17(2)29-30-26(33)25(32)28-21-11-8-18(9-12-21)24(27)31/h4-14H,15H2,1-3H3,(H2,27,31)(H,28,32)(H,30,33)/b29-17+. The van der Waals surface area contributed by atoms with Gasteiger partial charge in [-0.25, -0.2) is 5.43 Å². The molecule has 9 nitrogen and oxygen atoms in total. The lowest BCUT2D eigenvalue weighted by atomic mass is 10.1. The van der Waals surface area contributed by atoms with Gasteiger partial charge in [0.25, 0.3) is 0 Å². The number of carbonyl (C=O) groups excluding carboxylic acids is 3. The molecular formula is C26H26N4O5. The van der Waals surface area contributed by atoms with Gasteiger partial charge in [-0.05, 0) is 67.4 Å². The number of ether oxygens (including phenoxy) is 2. The van der Waals surface area contributed by atoms with Gasteiger partial charge in [0.2, 0.25) is 5.91 Å². The average molecular weight is 475 g/mol. The van der Waals surface area contributed by atoms with Crippen molar-refractivity contribution in [2.45, 2.75) is 20.5 Å². The van der Waals surface area contributed by atoms with Crippen LogP contribution in [0.3, 0.4) is 0 Å². The van der Waals surface area contributed by atoms with Crippen molar-refractivity contribution >= 4 is 29.1 Å². The number of primary amides is 1. The molecule has 0 unspecified atom stereocenters. The molecule has 0 aromatic heterocycles. The van der Waals surface area contributed by atoms with Crippen molar-refractivity contribution in [1.82, 2.24) is 5.43 Å². The Morgan fingerprint density at radius 3 is 2.26 bits per heavy atom. The van der Waals surface area contributed by atoms with E-state index in [0.29, 0.717) is 35.1 Å². The van der Waals surface area contributed by atoms with Gasteiger partial charge in [0.1, 0.15) is 6.61 Å². The number of nitrogens with two attached hydrogens (primary N) is 1. The number of nitrogens with zero attached hydrogens (tertiary/aromatic N) is 1. The lowest BCUT2D eigenvalue weighted by Gasteiger charge is -2.13. The molecule has 0 radical (unpaired) electrons. The minimum Gasteiger partial charge on any atom is -0.493 e. The Balaban J connectivity index is 1.61. The SMILES string of the molecule is COc1cc(/C(C)=N/NC(=O)C(=O)Nc2ccc(C(N)=O)cc2)ccc1OCc1ccccc1C. The highest BCUT2D eigenvalue weighted by atomic mass is 16.5. The second-order valence-electron chi connectivity index (χ2n) is 7.61. The van der Waals surface area contributed by atoms with E-state index in [2.05, 4.69) is 15.8 Å². The van der Waals surface area contributed by atoms with Crippen LogP contribution in [0.1, 0.15) is 34.0 Å². The van der Waals surface area contributed by atoms with Gasteiger partial charge in [0, 0.05) is 16.8 Å². The summed E-state index contributed by atoms with van der Waals surface area (Å²) in [4.78, 5) is 35.4. The summed E-state index contributed by atoms with van der Waals surface area (Å²) < 4.78 is 11.4. The van der Waals surface area contributed by atoms with Crippen molar-refractivity contribution in [2.24, 2.45) is 10.8 Å². The summed E-state index contributed by atoms with van der Waals surface area (Å²) >= 11 is 0. The van der Waals surface area contributed by atoms with Gasteiger partial charge in [-0.15, -0.1) is 0 Å². The Morgan fingerprint density at radius 1 is 0.914 bits per heavy atom. The number of hydrogen-bond donors (Lipinski definition) is 3. The molecular weight excluding hydrogens is 448 g/mol. The summed E-state index contributed by atoms with van der Waals surface area (Å²) in [7, 11) is 1.54. The molecule has 35 heavy (non-hydrogen) atoms. The van der Waals surface area contributed by atoms with E-state index in [1.165, 1.54) is 31.4 Å². The molecule has 180 valence electrons. The lowest BCUT2D eigenvalue weighted by molar-refractivity contribution is -0.136. The van der Waals surface area contributed by atoms with E-state index in [1.807, 2.05) is 31.2 Å². The maximum atomic E-state index is 12.1. The maximum absolute atomic E-state index is 12.1. The minimum atomic E-state index is -0.950. The summed E-state index contributed by atoms with van der Waals surface area (Å²) in [5.74, 6) is -1.38. The predicted octanol–water partition coefficient (Wildman–Crippen LogP) is 3.16. The van der Waals surface area contributed by atoms with Crippen molar-refractivity contribution in [2.75, 3.05) is 12.4 Å². The van der Waals surface area contributed by atoms with Crippen molar-refractivity contribution in [3.05, 3.63) is 89.0 Å². The summed E-state index contributed by atoms with van der Waals surface area (Å²) in [5, 5.41) is 6.42. The number of benzene rings is 3. The predicted molar refractivity (Wildman–Crippen MR) is 132 cm³/mol. The van der Waals surface area contributed by atoms with E-state index in [1.54, 1.807) is 25.1 Å². The van der Waals surface area contributed by atoms with Gasteiger partial charge >= 0.3 is 11.8 Å². The van der Waals surface area contributed by atoms with E-state index in [9.17, 15) is 14.4 Å². The fourth-order valence-corrected chi connectivity index (χ4v) is 3.10. The molecule has 0 fully saturated rings. The molecule has 0 atom stereocenters. The monoisotopic (exact) mass is 474 g/mol. The number of aryl methyl sites for hydroxylation is 1. The first-order valence-electron chi connectivity index (χ1n) is 10.7. The van der Waals surface area contributed by atoms with Crippen LogP contribution in [-0.2, 0) is 16.2 Å². The molecule has 0 aliphatic carbocycles. The molecule has 9 heteroatoms. The third-order valence-corrected chi connectivity index (χ3v) is 5.18. The first kappa shape index (κ1) is 25.0. The van der Waals surface area contributed by atoms with Gasteiger partial charge in [-0.3, -0.25) is 14.4 Å². The number of amides is 3. The number of hydrazone groups is 1. The number of nitrogens with one attached hydrogen (secondary N) is 2. The van der Waals surface area contributed by atoms with Crippen LogP contribution < -0.4 is 25.9 Å². The topological polar surface area (TPSA) is 132 Å². The third-order valence-electron chi connectivity index (χ3n) is 5.18. The Labute approximate surface area is 202 Å². The van der Waals surface area contributed by atoms with Gasteiger partial charge in [0.15, 0.2) is 11.5 Å². The van der Waals surface area contributed by atoms with E-state index in [4.69, 9.17) is 15.2 Å². The quantitative estimate of drug-likeness (QED) is 0.262. The molecule has 0 bridgehead atoms. The number of carbonyl (C=O) groups is 3. The highest BCUT2D eigenvalue weighted by molar-refractivity contribution is 6.39. The zero-order valence-corrected chi connectivity index (χ0v) is 19.6. The highest BCUT2D eigenvalue weighted by Crippen LogP contribution is 2.29. The zero-order chi connectivity index (χ0) is 25.4. The van der Waals surface area contributed by atoms with Crippen molar-refractivity contribution < 1.29 is 23.9 Å². The molecule has 4 N–H and O–H groups in total. The van der Waals surface area contributed by atoms with Crippen molar-refractivity contribution in [3.8, 4) is 11.5 Å². The minimum absolute atomic E-state index is 0.287. The van der Waals surface area contributed by atoms with E-state index >= 15 is 0 Å². The molecule has 0 aliphatic rings. The molecule has 0 aliphatic heterocycles. The fourth-order valence-electron chi connectivity index (χ4n) is 3.10. The first-order chi connectivity index (χ1) is 16.8. The lowest BCUT2D eigenvalue weighted by Crippen LogP contribution is -2.33. The van der Waals surface area contributed by atoms with Crippen LogP contribution in [0.15, 0.2) is 71.8 Å². The Morgan fingerprint density at radius 2 is 1.60 bits per heavy atom. The van der Waals surface area contributed by atoms with Crippen LogP contribution in [0.5, 0.6) is 11.5 Å². The van der Waals surface area contributed by atoms with E-state index < -0.39 is 17.7 Å². The van der Waals surface area contributed by atoms with Crippen molar-refractivity contribution in [1.29, 1.82) is 0 Å². The molecule has 0 spiro atoms. The maximum Gasteiger partial charge on any atom is 0.329 e. The smallest absolute Gasteiger partial charge is 0.329 e. The fraction of sp³-hybridized carbons (Fsp3) is 0.154. The first-order valence-corrected chi connectivity index (χ1v) is 10.7.